The molecule has 0 spiro atoms. The zero-order valence-electron chi connectivity index (χ0n) is 8.04. The van der Waals surface area contributed by atoms with Crippen molar-refractivity contribution in [1.29, 1.82) is 0 Å². The lowest BCUT2D eigenvalue weighted by atomic mass is 10.2. The van der Waals surface area contributed by atoms with E-state index in [1.807, 2.05) is 14.1 Å². The number of pyridine rings is 1. The minimum absolute atomic E-state index is 0.120. The molecule has 0 fully saturated rings. The number of aromatic nitrogens is 1. The number of hydrogen-bond acceptors (Lipinski definition) is 4. The number of rotatable bonds is 3. The molecule has 0 N–H and O–H groups in total. The predicted molar refractivity (Wildman–Crippen MR) is 53.6 cm³/mol. The first-order valence-corrected chi connectivity index (χ1v) is 4.05. The van der Waals surface area contributed by atoms with Crippen molar-refractivity contribution in [3.05, 3.63) is 40.2 Å². The van der Waals surface area contributed by atoms with Gasteiger partial charge in [0.25, 0.3) is 0 Å². The van der Waals surface area contributed by atoms with Crippen molar-refractivity contribution in [2.24, 2.45) is 0 Å². The maximum Gasteiger partial charge on any atom is 0.370 e. The lowest BCUT2D eigenvalue weighted by molar-refractivity contribution is -0.389. The lowest BCUT2D eigenvalue weighted by Gasteiger charge is -2.02. The van der Waals surface area contributed by atoms with E-state index in [1.165, 1.54) is 6.20 Å². The van der Waals surface area contributed by atoms with E-state index in [0.717, 1.165) is 0 Å². The molecule has 0 saturated carbocycles. The molecule has 14 heavy (non-hydrogen) atoms. The van der Waals surface area contributed by atoms with Crippen molar-refractivity contribution >= 4 is 11.9 Å². The predicted octanol–water partition coefficient (Wildman–Crippen LogP) is 1.52. The highest BCUT2D eigenvalue weighted by molar-refractivity contribution is 5.57. The largest absolute Gasteiger partial charge is 0.383 e. The molecule has 0 aromatic carbocycles. The molecule has 0 radical (unpaired) electrons. The van der Waals surface area contributed by atoms with Crippen LogP contribution in [0.3, 0.4) is 0 Å². The maximum atomic E-state index is 10.6. The van der Waals surface area contributed by atoms with E-state index in [0.29, 0.717) is 5.56 Å². The highest BCUT2D eigenvalue weighted by Crippen LogP contribution is 2.15. The Morgan fingerprint density at radius 3 is 2.86 bits per heavy atom. The van der Waals surface area contributed by atoms with Crippen molar-refractivity contribution in [2.45, 2.75) is 0 Å². The fourth-order valence-corrected chi connectivity index (χ4v) is 0.921. The molecule has 0 aliphatic rings. The first-order valence-electron chi connectivity index (χ1n) is 4.05. The molecule has 0 bridgehead atoms. The van der Waals surface area contributed by atoms with Crippen molar-refractivity contribution < 1.29 is 4.92 Å². The second-order valence-corrected chi connectivity index (χ2v) is 2.95. The van der Waals surface area contributed by atoms with Gasteiger partial charge in [0.05, 0.1) is 5.56 Å². The van der Waals surface area contributed by atoms with Gasteiger partial charge in [-0.2, -0.15) is 0 Å². The molecule has 0 saturated heterocycles. The van der Waals surface area contributed by atoms with Crippen LogP contribution in [0.25, 0.3) is 6.08 Å². The number of hydrogen-bond donors (Lipinski definition) is 0. The molecule has 1 heterocycles. The van der Waals surface area contributed by atoms with Crippen molar-refractivity contribution in [2.75, 3.05) is 14.1 Å². The van der Waals surface area contributed by atoms with E-state index in [1.54, 1.807) is 29.3 Å². The van der Waals surface area contributed by atoms with Crippen LogP contribution in [-0.4, -0.2) is 28.9 Å². The third-order valence-electron chi connectivity index (χ3n) is 1.54. The Balaban J connectivity index is 3.02. The summed E-state index contributed by atoms with van der Waals surface area (Å²) in [5, 5.41) is 10.6. The molecule has 0 unspecified atom stereocenters. The zero-order valence-corrected chi connectivity index (χ0v) is 8.04. The van der Waals surface area contributed by atoms with Crippen LogP contribution >= 0.6 is 0 Å². The van der Waals surface area contributed by atoms with Crippen molar-refractivity contribution in [3.8, 4) is 0 Å². The first kappa shape index (κ1) is 10.2. The normalized spacial score (nSPS) is 10.4. The third kappa shape index (κ3) is 2.55. The highest BCUT2D eigenvalue weighted by Gasteiger charge is 2.10. The molecular formula is C9H11N3O2. The Labute approximate surface area is 81.8 Å². The minimum atomic E-state index is -0.491. The molecule has 0 amide bonds. The maximum absolute atomic E-state index is 10.6. The van der Waals surface area contributed by atoms with Gasteiger partial charge in [-0.05, 0) is 34.3 Å². The van der Waals surface area contributed by atoms with E-state index in [4.69, 9.17) is 0 Å². The fraction of sp³-hybridized carbons (Fsp3) is 0.222. The Bertz CT molecular complexity index is 361. The van der Waals surface area contributed by atoms with Gasteiger partial charge in [-0.25, -0.2) is 0 Å². The Morgan fingerprint density at radius 1 is 1.57 bits per heavy atom. The average Bonchev–Trinajstić information content (AvgIpc) is 2.15. The van der Waals surface area contributed by atoms with E-state index < -0.39 is 4.92 Å². The van der Waals surface area contributed by atoms with E-state index in [9.17, 15) is 10.1 Å². The molecule has 74 valence electrons. The highest BCUT2D eigenvalue weighted by atomic mass is 16.6. The minimum Gasteiger partial charge on any atom is -0.383 e. The summed E-state index contributed by atoms with van der Waals surface area (Å²) in [4.78, 5) is 15.6. The summed E-state index contributed by atoms with van der Waals surface area (Å²) in [6.45, 7) is 0. The molecule has 5 nitrogen and oxygen atoms in total. The molecule has 1 aromatic heterocycles. The van der Waals surface area contributed by atoms with Crippen molar-refractivity contribution in [3.63, 3.8) is 0 Å². The summed E-state index contributed by atoms with van der Waals surface area (Å²) in [5.41, 5.74) is 0.506. The van der Waals surface area contributed by atoms with Crippen LogP contribution in [0, 0.1) is 10.1 Å². The van der Waals surface area contributed by atoms with Crippen LogP contribution in [0.4, 0.5) is 5.82 Å². The monoisotopic (exact) mass is 193 g/mol. The van der Waals surface area contributed by atoms with Gasteiger partial charge >= 0.3 is 5.82 Å². The van der Waals surface area contributed by atoms with Crippen LogP contribution in [0.2, 0.25) is 0 Å². The topological polar surface area (TPSA) is 59.3 Å². The summed E-state index contributed by atoms with van der Waals surface area (Å²) in [6, 6.07) is 3.33. The SMILES string of the molecule is CN(C)C=Cc1cccnc1[N+](=O)[O-]. The van der Waals surface area contributed by atoms with Gasteiger partial charge in [-0.1, -0.05) is 0 Å². The van der Waals surface area contributed by atoms with Gasteiger partial charge in [0.2, 0.25) is 0 Å². The van der Waals surface area contributed by atoms with Crippen LogP contribution in [0.5, 0.6) is 0 Å². The lowest BCUT2D eigenvalue weighted by Crippen LogP contribution is -2.00. The summed E-state index contributed by atoms with van der Waals surface area (Å²) < 4.78 is 0. The average molecular weight is 193 g/mol. The van der Waals surface area contributed by atoms with Gasteiger partial charge in [0, 0.05) is 14.1 Å². The van der Waals surface area contributed by atoms with Crippen LogP contribution < -0.4 is 0 Å². The second-order valence-electron chi connectivity index (χ2n) is 2.95. The Morgan fingerprint density at radius 2 is 2.29 bits per heavy atom. The van der Waals surface area contributed by atoms with Gasteiger partial charge in [-0.15, -0.1) is 0 Å². The van der Waals surface area contributed by atoms with Gasteiger partial charge in [0.1, 0.15) is 6.20 Å². The van der Waals surface area contributed by atoms with Crippen LogP contribution in [-0.2, 0) is 0 Å². The third-order valence-corrected chi connectivity index (χ3v) is 1.54. The summed E-state index contributed by atoms with van der Waals surface area (Å²) in [6.07, 6.45) is 4.81. The van der Waals surface area contributed by atoms with E-state index in [-0.39, 0.29) is 5.82 Å². The van der Waals surface area contributed by atoms with Gasteiger partial charge < -0.3 is 15.0 Å². The quantitative estimate of drug-likeness (QED) is 0.539. The summed E-state index contributed by atoms with van der Waals surface area (Å²) in [7, 11) is 3.69. The van der Waals surface area contributed by atoms with Gasteiger partial charge in [0.15, 0.2) is 0 Å². The van der Waals surface area contributed by atoms with Crippen molar-refractivity contribution in [1.82, 2.24) is 9.88 Å². The Hall–Kier alpha value is -1.91. The molecule has 1 rings (SSSR count). The summed E-state index contributed by atoms with van der Waals surface area (Å²) in [5.74, 6) is -0.120. The van der Waals surface area contributed by atoms with E-state index >= 15 is 0 Å². The summed E-state index contributed by atoms with van der Waals surface area (Å²) >= 11 is 0. The second kappa shape index (κ2) is 4.36. The molecular weight excluding hydrogens is 182 g/mol. The fourth-order valence-electron chi connectivity index (χ4n) is 0.921. The number of nitro groups is 1. The molecule has 0 aliphatic heterocycles. The standard InChI is InChI=1S/C9H11N3O2/c1-11(2)7-5-8-4-3-6-10-9(8)12(13)14/h3-7H,1-2H3. The molecule has 0 aliphatic carbocycles. The van der Waals surface area contributed by atoms with Crippen LogP contribution in [0.1, 0.15) is 5.56 Å². The van der Waals surface area contributed by atoms with E-state index in [2.05, 4.69) is 4.98 Å². The molecule has 0 atom stereocenters. The number of nitrogens with zero attached hydrogens (tertiary/aromatic N) is 3. The zero-order chi connectivity index (χ0) is 10.6. The molecule has 1 aromatic rings. The molecule has 5 heteroatoms. The van der Waals surface area contributed by atoms with Gasteiger partial charge in [-0.3, -0.25) is 0 Å². The first-order chi connectivity index (χ1) is 6.61. The smallest absolute Gasteiger partial charge is 0.370 e. The van der Waals surface area contributed by atoms with Crippen LogP contribution in [0.15, 0.2) is 24.5 Å². The Kier molecular flexibility index (Phi) is 3.17.